The number of azo groups is 1. The van der Waals surface area contributed by atoms with Crippen LogP contribution in [0.4, 0.5) is 11.4 Å². The molecule has 2 N–H and O–H groups in total. The van der Waals surface area contributed by atoms with Crippen LogP contribution in [0.2, 0.25) is 0 Å². The van der Waals surface area contributed by atoms with E-state index < -0.39 is 0 Å². The molecule has 0 radical (unpaired) electrons. The second kappa shape index (κ2) is 10.9. The molecule has 5 nitrogen and oxygen atoms in total. The Balaban J connectivity index is 1.56. The first-order valence-corrected chi connectivity index (χ1v) is 11.1. The largest absolute Gasteiger partial charge is 0.507 e. The molecule has 0 aromatic heterocycles. The fraction of sp³-hybridized carbons (Fsp3) is 0.273. The zero-order chi connectivity index (χ0) is 20.5. The lowest BCUT2D eigenvalue weighted by Crippen LogP contribution is -2.18. The fourth-order valence-electron chi connectivity index (χ4n) is 3.04. The van der Waals surface area contributed by atoms with Crippen LogP contribution >= 0.6 is 24.0 Å². The van der Waals surface area contributed by atoms with Crippen LogP contribution in [0.25, 0.3) is 0 Å². The van der Waals surface area contributed by atoms with Gasteiger partial charge in [0.1, 0.15) is 5.75 Å². The van der Waals surface area contributed by atoms with Crippen molar-refractivity contribution in [3.05, 3.63) is 65.4 Å². The summed E-state index contributed by atoms with van der Waals surface area (Å²) >= 11 is 7.06. The number of rotatable bonds is 8. The Morgan fingerprint density at radius 3 is 2.72 bits per heavy atom. The Hall–Kier alpha value is -2.51. The quantitative estimate of drug-likeness (QED) is 0.238. The standard InChI is InChI=1S/C22H24N4OS2/c1-29-22(28)19-8-5-9-20(19)24-13-12-23-15-16-14-18(10-11-21(16)27)26-25-17-6-3-2-4-7-17/h2-4,6-7,10-11,14-15,24,27H,5,8-9,12-13H2,1H3. The maximum atomic E-state index is 10.1. The summed E-state index contributed by atoms with van der Waals surface area (Å²) in [6.45, 7) is 1.35. The number of thiocarbonyl (C=S) groups is 1. The predicted molar refractivity (Wildman–Crippen MR) is 126 cm³/mol. The first-order valence-electron chi connectivity index (χ1n) is 9.51. The maximum absolute atomic E-state index is 10.1. The third-order valence-corrected chi connectivity index (χ3v) is 5.87. The van der Waals surface area contributed by atoms with Gasteiger partial charge in [-0.05, 0) is 61.4 Å². The van der Waals surface area contributed by atoms with Crippen molar-refractivity contribution < 1.29 is 5.11 Å². The van der Waals surface area contributed by atoms with E-state index in [2.05, 4.69) is 20.5 Å². The minimum atomic E-state index is 0.173. The molecule has 0 atom stereocenters. The van der Waals surface area contributed by atoms with Crippen molar-refractivity contribution in [1.82, 2.24) is 5.32 Å². The van der Waals surface area contributed by atoms with Crippen molar-refractivity contribution in [3.63, 3.8) is 0 Å². The van der Waals surface area contributed by atoms with Crippen LogP contribution in [0.15, 0.2) is 75.0 Å². The number of hydrogen-bond donors (Lipinski definition) is 2. The molecule has 0 bridgehead atoms. The van der Waals surface area contributed by atoms with E-state index in [0.29, 0.717) is 17.8 Å². The lowest BCUT2D eigenvalue weighted by Gasteiger charge is -2.09. The maximum Gasteiger partial charge on any atom is 0.124 e. The Morgan fingerprint density at radius 2 is 1.93 bits per heavy atom. The summed E-state index contributed by atoms with van der Waals surface area (Å²) in [6, 6.07) is 14.6. The zero-order valence-electron chi connectivity index (χ0n) is 16.3. The predicted octanol–water partition coefficient (Wildman–Crippen LogP) is 5.94. The van der Waals surface area contributed by atoms with Gasteiger partial charge in [0.15, 0.2) is 0 Å². The Labute approximate surface area is 181 Å². The van der Waals surface area contributed by atoms with Crippen LogP contribution < -0.4 is 5.32 Å². The Morgan fingerprint density at radius 1 is 1.14 bits per heavy atom. The molecular formula is C22H24N4OS2. The second-order valence-corrected chi connectivity index (χ2v) is 8.03. The van der Waals surface area contributed by atoms with Gasteiger partial charge < -0.3 is 10.4 Å². The summed E-state index contributed by atoms with van der Waals surface area (Å²) in [6.07, 6.45) is 6.96. The number of phenolic OH excluding ortho intramolecular Hbond substituents is 1. The molecule has 29 heavy (non-hydrogen) atoms. The van der Waals surface area contributed by atoms with Crippen molar-refractivity contribution in [2.24, 2.45) is 15.2 Å². The van der Waals surface area contributed by atoms with E-state index in [0.717, 1.165) is 35.7 Å². The number of nitrogens with one attached hydrogen (secondary N) is 1. The van der Waals surface area contributed by atoms with Gasteiger partial charge in [0.25, 0.3) is 0 Å². The smallest absolute Gasteiger partial charge is 0.124 e. The Bertz CT molecular complexity index is 939. The van der Waals surface area contributed by atoms with Crippen LogP contribution in [-0.2, 0) is 0 Å². The minimum Gasteiger partial charge on any atom is -0.507 e. The summed E-state index contributed by atoms with van der Waals surface area (Å²) in [5, 5.41) is 22.0. The highest BCUT2D eigenvalue weighted by Crippen LogP contribution is 2.28. The zero-order valence-corrected chi connectivity index (χ0v) is 18.0. The normalized spacial score (nSPS) is 14.2. The van der Waals surface area contributed by atoms with E-state index >= 15 is 0 Å². The van der Waals surface area contributed by atoms with Gasteiger partial charge in [-0.2, -0.15) is 10.2 Å². The summed E-state index contributed by atoms with van der Waals surface area (Å²) in [5.41, 5.74) is 4.61. The lowest BCUT2D eigenvalue weighted by atomic mass is 10.2. The number of aromatic hydroxyl groups is 1. The van der Waals surface area contributed by atoms with Crippen LogP contribution in [-0.4, -0.2) is 34.9 Å². The monoisotopic (exact) mass is 424 g/mol. The number of aliphatic imine (C=N–C) groups is 1. The van der Waals surface area contributed by atoms with Crippen molar-refractivity contribution in [1.29, 1.82) is 0 Å². The highest BCUT2D eigenvalue weighted by atomic mass is 32.2. The number of benzene rings is 2. The molecule has 2 aromatic carbocycles. The van der Waals surface area contributed by atoms with E-state index in [4.69, 9.17) is 12.2 Å². The molecule has 0 saturated heterocycles. The van der Waals surface area contributed by atoms with Crippen LogP contribution in [0, 0.1) is 0 Å². The van der Waals surface area contributed by atoms with Gasteiger partial charge in [-0.3, -0.25) is 4.99 Å². The third kappa shape index (κ3) is 6.24. The van der Waals surface area contributed by atoms with Gasteiger partial charge in [-0.15, -0.1) is 11.8 Å². The van der Waals surface area contributed by atoms with Gasteiger partial charge >= 0.3 is 0 Å². The van der Waals surface area contributed by atoms with E-state index in [1.807, 2.05) is 36.6 Å². The van der Waals surface area contributed by atoms with Crippen LogP contribution in [0.1, 0.15) is 24.8 Å². The fourth-order valence-corrected chi connectivity index (χ4v) is 3.74. The SMILES string of the molecule is CSC(=S)C1=C(NCCN=Cc2cc(N=Nc3ccccc3)ccc2O)CCC1. The molecule has 1 aliphatic carbocycles. The topological polar surface area (TPSA) is 69.3 Å². The van der Waals surface area contributed by atoms with Crippen LogP contribution in [0.5, 0.6) is 5.75 Å². The molecule has 1 aliphatic rings. The van der Waals surface area contributed by atoms with Gasteiger partial charge in [-0.25, -0.2) is 0 Å². The third-order valence-electron chi connectivity index (χ3n) is 4.51. The highest BCUT2D eigenvalue weighted by molar-refractivity contribution is 8.23. The Kier molecular flexibility index (Phi) is 7.95. The molecule has 3 rings (SSSR count). The van der Waals surface area contributed by atoms with Gasteiger partial charge in [0, 0.05) is 24.0 Å². The molecule has 0 aliphatic heterocycles. The van der Waals surface area contributed by atoms with Gasteiger partial charge in [0.2, 0.25) is 0 Å². The van der Waals surface area contributed by atoms with E-state index in [1.54, 1.807) is 36.2 Å². The van der Waals surface area contributed by atoms with Gasteiger partial charge in [0.05, 0.1) is 22.1 Å². The van der Waals surface area contributed by atoms with Crippen molar-refractivity contribution in [3.8, 4) is 5.75 Å². The molecule has 7 heteroatoms. The molecular weight excluding hydrogens is 400 g/mol. The average Bonchev–Trinajstić information content (AvgIpc) is 3.22. The lowest BCUT2D eigenvalue weighted by molar-refractivity contribution is 0.474. The number of phenols is 1. The molecule has 150 valence electrons. The van der Waals surface area contributed by atoms with Crippen LogP contribution in [0.3, 0.4) is 0 Å². The summed E-state index contributed by atoms with van der Waals surface area (Å²) < 4.78 is 0.986. The number of hydrogen-bond acceptors (Lipinski definition) is 7. The molecule has 0 amide bonds. The number of thioether (sulfide) groups is 1. The second-order valence-electron chi connectivity index (χ2n) is 6.54. The summed E-state index contributed by atoms with van der Waals surface area (Å²) in [4.78, 5) is 4.43. The van der Waals surface area contributed by atoms with E-state index in [1.165, 1.54) is 11.3 Å². The molecule has 2 aromatic rings. The van der Waals surface area contributed by atoms with E-state index in [-0.39, 0.29) is 5.75 Å². The first-order chi connectivity index (χ1) is 14.2. The number of allylic oxidation sites excluding steroid dienone is 1. The highest BCUT2D eigenvalue weighted by Gasteiger charge is 2.17. The molecule has 0 unspecified atom stereocenters. The van der Waals surface area contributed by atoms with Crippen molar-refractivity contribution >= 4 is 45.8 Å². The van der Waals surface area contributed by atoms with E-state index in [9.17, 15) is 5.11 Å². The summed E-state index contributed by atoms with van der Waals surface area (Å²) in [5.74, 6) is 0.173. The first kappa shape index (κ1) is 21.2. The molecule has 0 heterocycles. The number of nitrogens with zero attached hydrogens (tertiary/aromatic N) is 3. The molecule has 0 spiro atoms. The molecule has 0 fully saturated rings. The summed E-state index contributed by atoms with van der Waals surface area (Å²) in [7, 11) is 0. The molecule has 0 saturated carbocycles. The average molecular weight is 425 g/mol. The van der Waals surface area contributed by atoms with Crippen molar-refractivity contribution in [2.75, 3.05) is 19.3 Å². The van der Waals surface area contributed by atoms with Gasteiger partial charge in [-0.1, -0.05) is 30.4 Å². The minimum absolute atomic E-state index is 0.173. The van der Waals surface area contributed by atoms with Crippen molar-refractivity contribution in [2.45, 2.75) is 19.3 Å².